The predicted octanol–water partition coefficient (Wildman–Crippen LogP) is 0.341. The quantitative estimate of drug-likeness (QED) is 0.671. The summed E-state index contributed by atoms with van der Waals surface area (Å²) in [5.74, 6) is 0.730. The predicted molar refractivity (Wildman–Crippen MR) is 76.7 cm³/mol. The third kappa shape index (κ3) is 4.19. The summed E-state index contributed by atoms with van der Waals surface area (Å²) in [6.07, 6.45) is 5.29. The molecule has 1 saturated heterocycles. The molecule has 0 aromatic heterocycles. The summed E-state index contributed by atoms with van der Waals surface area (Å²) in [7, 11) is 2.21. The van der Waals surface area contributed by atoms with Crippen LogP contribution in [0.15, 0.2) is 0 Å². The first-order valence-electron chi connectivity index (χ1n) is 7.64. The molecule has 3 N–H and O–H groups in total. The van der Waals surface area contributed by atoms with Gasteiger partial charge < -0.3 is 20.9 Å². The van der Waals surface area contributed by atoms with Crippen LogP contribution in [0.3, 0.4) is 0 Å². The number of likely N-dealkylation sites (N-methyl/N-ethyl adjacent to an activating group) is 1. The first-order chi connectivity index (χ1) is 8.79. The van der Waals surface area contributed by atoms with Crippen molar-refractivity contribution in [1.82, 2.24) is 15.1 Å². The van der Waals surface area contributed by atoms with Crippen molar-refractivity contribution in [2.45, 2.75) is 31.7 Å². The number of rotatable bonds is 6. The molecule has 0 bridgehead atoms. The monoisotopic (exact) mass is 254 g/mol. The molecular formula is C14H30N4. The SMILES string of the molecule is CN1CCN(CCCNC2CCCC2CN)CC1. The van der Waals surface area contributed by atoms with E-state index in [1.807, 2.05) is 0 Å². The van der Waals surface area contributed by atoms with Crippen LogP contribution in [0.4, 0.5) is 0 Å². The van der Waals surface area contributed by atoms with Crippen LogP contribution in [-0.2, 0) is 0 Å². The summed E-state index contributed by atoms with van der Waals surface area (Å²) >= 11 is 0. The van der Waals surface area contributed by atoms with Crippen molar-refractivity contribution in [3.05, 3.63) is 0 Å². The third-order valence-corrected chi connectivity index (χ3v) is 4.62. The van der Waals surface area contributed by atoms with Crippen molar-refractivity contribution >= 4 is 0 Å². The summed E-state index contributed by atoms with van der Waals surface area (Å²) in [5.41, 5.74) is 5.81. The van der Waals surface area contributed by atoms with Gasteiger partial charge >= 0.3 is 0 Å². The maximum Gasteiger partial charge on any atom is 0.0110 e. The minimum absolute atomic E-state index is 0.697. The van der Waals surface area contributed by atoms with Gasteiger partial charge in [0.15, 0.2) is 0 Å². The van der Waals surface area contributed by atoms with Crippen molar-refractivity contribution < 1.29 is 0 Å². The molecule has 2 unspecified atom stereocenters. The van der Waals surface area contributed by atoms with Crippen LogP contribution < -0.4 is 11.1 Å². The fourth-order valence-corrected chi connectivity index (χ4v) is 3.25. The van der Waals surface area contributed by atoms with Crippen molar-refractivity contribution in [2.75, 3.05) is 52.9 Å². The first kappa shape index (κ1) is 14.3. The fourth-order valence-electron chi connectivity index (χ4n) is 3.25. The van der Waals surface area contributed by atoms with Crippen molar-refractivity contribution in [3.63, 3.8) is 0 Å². The minimum Gasteiger partial charge on any atom is -0.330 e. The fraction of sp³-hybridized carbons (Fsp3) is 1.00. The van der Waals surface area contributed by atoms with Gasteiger partial charge in [0.05, 0.1) is 0 Å². The lowest BCUT2D eigenvalue weighted by Gasteiger charge is -2.32. The second-order valence-electron chi connectivity index (χ2n) is 5.99. The molecule has 1 aliphatic heterocycles. The van der Waals surface area contributed by atoms with E-state index >= 15 is 0 Å². The Kier molecular flexibility index (Phi) is 5.89. The van der Waals surface area contributed by atoms with Gasteiger partial charge in [0, 0.05) is 32.2 Å². The molecule has 106 valence electrons. The van der Waals surface area contributed by atoms with Gasteiger partial charge in [0.1, 0.15) is 0 Å². The van der Waals surface area contributed by atoms with Crippen molar-refractivity contribution in [2.24, 2.45) is 11.7 Å². The molecule has 4 heteroatoms. The van der Waals surface area contributed by atoms with Gasteiger partial charge in [-0.2, -0.15) is 0 Å². The molecule has 0 aromatic carbocycles. The lowest BCUT2D eigenvalue weighted by atomic mass is 10.0. The molecule has 2 aliphatic rings. The van der Waals surface area contributed by atoms with Crippen LogP contribution in [0.1, 0.15) is 25.7 Å². The summed E-state index contributed by atoms with van der Waals surface area (Å²) < 4.78 is 0. The normalized spacial score (nSPS) is 31.0. The molecule has 2 rings (SSSR count). The zero-order valence-electron chi connectivity index (χ0n) is 11.9. The number of hydrogen-bond acceptors (Lipinski definition) is 4. The smallest absolute Gasteiger partial charge is 0.0110 e. The van der Waals surface area contributed by atoms with Gasteiger partial charge in [-0.3, -0.25) is 0 Å². The maximum atomic E-state index is 5.81. The van der Waals surface area contributed by atoms with Crippen molar-refractivity contribution in [3.8, 4) is 0 Å². The lowest BCUT2D eigenvalue weighted by molar-refractivity contribution is 0.152. The number of nitrogens with one attached hydrogen (secondary N) is 1. The molecule has 1 heterocycles. The summed E-state index contributed by atoms with van der Waals surface area (Å²) in [4.78, 5) is 5.01. The van der Waals surface area contributed by atoms with Crippen LogP contribution in [-0.4, -0.2) is 68.7 Å². The van der Waals surface area contributed by atoms with Gasteiger partial charge in [-0.1, -0.05) is 6.42 Å². The largest absolute Gasteiger partial charge is 0.330 e. The number of nitrogens with zero attached hydrogens (tertiary/aromatic N) is 2. The van der Waals surface area contributed by atoms with Gasteiger partial charge in [-0.25, -0.2) is 0 Å². The molecule has 1 saturated carbocycles. The Morgan fingerprint density at radius 3 is 2.67 bits per heavy atom. The van der Waals surface area contributed by atoms with E-state index in [2.05, 4.69) is 22.2 Å². The first-order valence-corrected chi connectivity index (χ1v) is 7.64. The van der Waals surface area contributed by atoms with E-state index in [0.29, 0.717) is 6.04 Å². The Labute approximate surface area is 112 Å². The highest BCUT2D eigenvalue weighted by atomic mass is 15.2. The Morgan fingerprint density at radius 1 is 1.17 bits per heavy atom. The van der Waals surface area contributed by atoms with Gasteiger partial charge in [-0.15, -0.1) is 0 Å². The highest BCUT2D eigenvalue weighted by molar-refractivity contribution is 4.83. The second kappa shape index (κ2) is 7.43. The van der Waals surface area contributed by atoms with Crippen LogP contribution in [0.25, 0.3) is 0 Å². The van der Waals surface area contributed by atoms with E-state index < -0.39 is 0 Å². The van der Waals surface area contributed by atoms with E-state index in [0.717, 1.165) is 19.0 Å². The molecule has 0 radical (unpaired) electrons. The van der Waals surface area contributed by atoms with Gasteiger partial charge in [-0.05, 0) is 51.9 Å². The number of piperazine rings is 1. The standard InChI is InChI=1S/C14H30N4/c1-17-8-10-18(11-9-17)7-3-6-16-14-5-2-4-13(14)12-15/h13-14,16H,2-12,15H2,1H3. The van der Waals surface area contributed by atoms with Crippen LogP contribution in [0.5, 0.6) is 0 Å². The zero-order chi connectivity index (χ0) is 12.8. The minimum atomic E-state index is 0.697. The van der Waals surface area contributed by atoms with E-state index in [4.69, 9.17) is 5.73 Å². The molecule has 18 heavy (non-hydrogen) atoms. The highest BCUT2D eigenvalue weighted by Gasteiger charge is 2.25. The summed E-state index contributed by atoms with van der Waals surface area (Å²) in [5, 5.41) is 3.71. The van der Waals surface area contributed by atoms with E-state index in [1.54, 1.807) is 0 Å². The van der Waals surface area contributed by atoms with E-state index in [1.165, 1.54) is 58.4 Å². The highest BCUT2D eigenvalue weighted by Crippen LogP contribution is 2.24. The number of hydrogen-bond donors (Lipinski definition) is 2. The Bertz CT molecular complexity index is 226. The molecule has 0 spiro atoms. The second-order valence-corrected chi connectivity index (χ2v) is 5.99. The molecule has 0 amide bonds. The average molecular weight is 254 g/mol. The van der Waals surface area contributed by atoms with Crippen LogP contribution in [0, 0.1) is 5.92 Å². The molecule has 2 fully saturated rings. The van der Waals surface area contributed by atoms with Crippen LogP contribution in [0.2, 0.25) is 0 Å². The maximum absolute atomic E-state index is 5.81. The average Bonchev–Trinajstić information content (AvgIpc) is 2.84. The number of nitrogens with two attached hydrogens (primary N) is 1. The van der Waals surface area contributed by atoms with Crippen molar-refractivity contribution in [1.29, 1.82) is 0 Å². The Hall–Kier alpha value is -0.160. The molecular weight excluding hydrogens is 224 g/mol. The molecule has 4 nitrogen and oxygen atoms in total. The molecule has 2 atom stereocenters. The Balaban J connectivity index is 1.53. The molecule has 0 aromatic rings. The summed E-state index contributed by atoms with van der Waals surface area (Å²) in [6.45, 7) is 8.21. The summed E-state index contributed by atoms with van der Waals surface area (Å²) in [6, 6.07) is 0.697. The van der Waals surface area contributed by atoms with Crippen LogP contribution >= 0.6 is 0 Å². The zero-order valence-corrected chi connectivity index (χ0v) is 11.9. The topological polar surface area (TPSA) is 44.5 Å². The third-order valence-electron chi connectivity index (χ3n) is 4.62. The van der Waals surface area contributed by atoms with Gasteiger partial charge in [0.2, 0.25) is 0 Å². The van der Waals surface area contributed by atoms with E-state index in [-0.39, 0.29) is 0 Å². The van der Waals surface area contributed by atoms with E-state index in [9.17, 15) is 0 Å². The Morgan fingerprint density at radius 2 is 1.94 bits per heavy atom. The van der Waals surface area contributed by atoms with Gasteiger partial charge in [0.25, 0.3) is 0 Å². The molecule has 1 aliphatic carbocycles. The lowest BCUT2D eigenvalue weighted by Crippen LogP contribution is -2.45.